The Bertz CT molecular complexity index is 506. The molecule has 24 heavy (non-hydrogen) atoms. The summed E-state index contributed by atoms with van der Waals surface area (Å²) in [5.41, 5.74) is 0.344. The molecule has 7 atom stereocenters. The van der Waals surface area contributed by atoms with E-state index in [-0.39, 0.29) is 5.75 Å². The number of phenols is 1. The predicted molar refractivity (Wildman–Crippen MR) is 78.8 cm³/mol. The number of hydrogen-bond donors (Lipinski definition) is 7. The van der Waals surface area contributed by atoms with Crippen LogP contribution in [0.25, 0.3) is 0 Å². The molecule has 1 fully saturated rings. The molecule has 9 heteroatoms. The third-order valence-electron chi connectivity index (χ3n) is 3.92. The van der Waals surface area contributed by atoms with Gasteiger partial charge in [-0.25, -0.2) is 0 Å². The average molecular weight is 346 g/mol. The maximum Gasteiger partial charge on any atom is 0.187 e. The largest absolute Gasteiger partial charge is 0.508 e. The Morgan fingerprint density at radius 2 is 1.62 bits per heavy atom. The zero-order valence-corrected chi connectivity index (χ0v) is 12.7. The Balaban J connectivity index is 2.09. The van der Waals surface area contributed by atoms with Gasteiger partial charge in [-0.1, -0.05) is 12.1 Å². The van der Waals surface area contributed by atoms with Gasteiger partial charge in [0, 0.05) is 0 Å². The molecule has 0 saturated carbocycles. The van der Waals surface area contributed by atoms with Gasteiger partial charge in [0.1, 0.15) is 42.4 Å². The Hall–Kier alpha value is -1.30. The molecule has 1 aliphatic rings. The fourth-order valence-electron chi connectivity index (χ4n) is 2.46. The molecule has 1 saturated heterocycles. The van der Waals surface area contributed by atoms with Crippen LogP contribution in [-0.4, -0.2) is 85.8 Å². The van der Waals surface area contributed by atoms with Crippen molar-refractivity contribution in [2.45, 2.75) is 42.9 Å². The molecule has 0 aliphatic carbocycles. The Kier molecular flexibility index (Phi) is 6.49. The molecule has 7 N–H and O–H groups in total. The SMILES string of the molecule is OC[C@H]1O[C@H](O[C@H](CO)[C@@H](O)c2ccc(O)cc2)[C@H](O)[C@@H](O)[C@@H]1O. The first-order valence-electron chi connectivity index (χ1n) is 7.42. The van der Waals surface area contributed by atoms with E-state index in [1.54, 1.807) is 0 Å². The first-order valence-corrected chi connectivity index (χ1v) is 7.42. The van der Waals surface area contributed by atoms with E-state index in [9.17, 15) is 30.6 Å². The number of benzene rings is 1. The highest BCUT2D eigenvalue weighted by molar-refractivity contribution is 5.27. The van der Waals surface area contributed by atoms with E-state index in [4.69, 9.17) is 14.6 Å². The van der Waals surface area contributed by atoms with Crippen molar-refractivity contribution in [3.63, 3.8) is 0 Å². The second kappa shape index (κ2) is 8.19. The van der Waals surface area contributed by atoms with Crippen LogP contribution in [0.5, 0.6) is 5.75 Å². The molecule has 0 aromatic heterocycles. The molecule has 0 bridgehead atoms. The third kappa shape index (κ3) is 4.02. The van der Waals surface area contributed by atoms with E-state index in [0.29, 0.717) is 5.56 Å². The van der Waals surface area contributed by atoms with Crippen molar-refractivity contribution >= 4 is 0 Å². The maximum absolute atomic E-state index is 10.3. The Morgan fingerprint density at radius 1 is 1.00 bits per heavy atom. The van der Waals surface area contributed by atoms with Crippen molar-refractivity contribution in [3.05, 3.63) is 29.8 Å². The molecule has 9 nitrogen and oxygen atoms in total. The van der Waals surface area contributed by atoms with Crippen LogP contribution < -0.4 is 0 Å². The van der Waals surface area contributed by atoms with Gasteiger partial charge in [-0.05, 0) is 17.7 Å². The van der Waals surface area contributed by atoms with Crippen LogP contribution in [0.4, 0.5) is 0 Å². The van der Waals surface area contributed by atoms with E-state index >= 15 is 0 Å². The highest BCUT2D eigenvalue weighted by Gasteiger charge is 2.45. The van der Waals surface area contributed by atoms with Gasteiger partial charge in [0.15, 0.2) is 6.29 Å². The van der Waals surface area contributed by atoms with E-state index in [2.05, 4.69) is 0 Å². The first kappa shape index (κ1) is 19.0. The van der Waals surface area contributed by atoms with Gasteiger partial charge in [0.25, 0.3) is 0 Å². The zero-order valence-electron chi connectivity index (χ0n) is 12.7. The summed E-state index contributed by atoms with van der Waals surface area (Å²) in [6, 6.07) is 5.56. The van der Waals surface area contributed by atoms with Gasteiger partial charge in [-0.15, -0.1) is 0 Å². The van der Waals surface area contributed by atoms with Crippen molar-refractivity contribution in [2.24, 2.45) is 0 Å². The lowest BCUT2D eigenvalue weighted by Gasteiger charge is -2.41. The van der Waals surface area contributed by atoms with Crippen LogP contribution in [0.3, 0.4) is 0 Å². The summed E-state index contributed by atoms with van der Waals surface area (Å²) in [7, 11) is 0. The minimum atomic E-state index is -1.64. The molecule has 1 heterocycles. The normalized spacial score (nSPS) is 33.2. The fraction of sp³-hybridized carbons (Fsp3) is 0.600. The molecule has 0 radical (unpaired) electrons. The van der Waals surface area contributed by atoms with Crippen LogP contribution >= 0.6 is 0 Å². The van der Waals surface area contributed by atoms with Crippen LogP contribution in [0.1, 0.15) is 11.7 Å². The number of aliphatic hydroxyl groups is 6. The highest BCUT2D eigenvalue weighted by atomic mass is 16.7. The van der Waals surface area contributed by atoms with Crippen molar-refractivity contribution < 1.29 is 45.2 Å². The van der Waals surface area contributed by atoms with E-state index in [1.807, 2.05) is 0 Å². The van der Waals surface area contributed by atoms with E-state index in [0.717, 1.165) is 0 Å². The van der Waals surface area contributed by atoms with Gasteiger partial charge in [0.2, 0.25) is 0 Å². The zero-order chi connectivity index (χ0) is 17.9. The third-order valence-corrected chi connectivity index (χ3v) is 3.92. The number of ether oxygens (including phenoxy) is 2. The summed E-state index contributed by atoms with van der Waals surface area (Å²) in [6.45, 7) is -1.24. The maximum atomic E-state index is 10.3. The number of rotatable bonds is 6. The summed E-state index contributed by atoms with van der Waals surface area (Å²) in [5, 5.41) is 67.4. The lowest BCUT2D eigenvalue weighted by atomic mass is 9.99. The highest BCUT2D eigenvalue weighted by Crippen LogP contribution is 2.27. The minimum absolute atomic E-state index is 0.00125. The molecule has 0 spiro atoms. The second-order valence-electron chi connectivity index (χ2n) is 5.59. The monoisotopic (exact) mass is 346 g/mol. The summed E-state index contributed by atoms with van der Waals surface area (Å²) >= 11 is 0. The average Bonchev–Trinajstić information content (AvgIpc) is 2.59. The lowest BCUT2D eigenvalue weighted by molar-refractivity contribution is -0.319. The van der Waals surface area contributed by atoms with Gasteiger partial charge in [-0.2, -0.15) is 0 Å². The van der Waals surface area contributed by atoms with Crippen molar-refractivity contribution in [3.8, 4) is 5.75 Å². The summed E-state index contributed by atoms with van der Waals surface area (Å²) in [5.74, 6) is 0.00125. The summed E-state index contributed by atoms with van der Waals surface area (Å²) in [6.07, 6.45) is -9.92. The molecule has 2 rings (SSSR count). The van der Waals surface area contributed by atoms with E-state index < -0.39 is 56.1 Å². The quantitative estimate of drug-likeness (QED) is 0.298. The second-order valence-corrected chi connectivity index (χ2v) is 5.59. The topological polar surface area (TPSA) is 160 Å². The van der Waals surface area contributed by atoms with E-state index in [1.165, 1.54) is 24.3 Å². The number of phenolic OH excluding ortho intramolecular Hbond substituents is 1. The minimum Gasteiger partial charge on any atom is -0.508 e. The van der Waals surface area contributed by atoms with Crippen LogP contribution in [0.2, 0.25) is 0 Å². The van der Waals surface area contributed by atoms with Crippen molar-refractivity contribution in [1.29, 1.82) is 0 Å². The Morgan fingerprint density at radius 3 is 2.17 bits per heavy atom. The lowest BCUT2D eigenvalue weighted by Crippen LogP contribution is -2.60. The molecule has 1 aromatic rings. The molecular formula is C15H22O9. The standard InChI is InChI=1S/C15H22O9/c16-5-9(11(19)7-1-3-8(18)4-2-7)23-15-14(22)13(21)12(20)10(6-17)24-15/h1-4,9-22H,5-6H2/t9-,10-,11+,12-,13+,14-,15+/m1/s1. The summed E-state index contributed by atoms with van der Waals surface area (Å²) in [4.78, 5) is 0. The number of hydrogen-bond acceptors (Lipinski definition) is 9. The molecule has 136 valence electrons. The van der Waals surface area contributed by atoms with Crippen molar-refractivity contribution in [2.75, 3.05) is 13.2 Å². The number of aromatic hydroxyl groups is 1. The van der Waals surface area contributed by atoms with Gasteiger partial charge in [0.05, 0.1) is 13.2 Å². The first-order chi connectivity index (χ1) is 11.4. The summed E-state index contributed by atoms with van der Waals surface area (Å²) < 4.78 is 10.5. The molecular weight excluding hydrogens is 324 g/mol. The predicted octanol–water partition coefficient (Wildman–Crippen LogP) is -2.40. The molecule has 1 aliphatic heterocycles. The smallest absolute Gasteiger partial charge is 0.187 e. The van der Waals surface area contributed by atoms with Gasteiger partial charge in [-0.3, -0.25) is 0 Å². The fourth-order valence-corrected chi connectivity index (χ4v) is 2.46. The molecule has 0 unspecified atom stereocenters. The van der Waals surface area contributed by atoms with Crippen LogP contribution in [-0.2, 0) is 9.47 Å². The van der Waals surface area contributed by atoms with Crippen LogP contribution in [0.15, 0.2) is 24.3 Å². The van der Waals surface area contributed by atoms with Gasteiger partial charge < -0.3 is 45.2 Å². The number of aliphatic hydroxyl groups excluding tert-OH is 6. The van der Waals surface area contributed by atoms with Gasteiger partial charge >= 0.3 is 0 Å². The van der Waals surface area contributed by atoms with Crippen LogP contribution in [0, 0.1) is 0 Å². The molecule has 1 aromatic carbocycles. The molecule has 0 amide bonds. The Labute approximate surface area is 137 Å². The van der Waals surface area contributed by atoms with Crippen molar-refractivity contribution in [1.82, 2.24) is 0 Å².